The number of amides is 1. The average molecular weight is 484 g/mol. The molecule has 1 amide bonds. The molecule has 0 aliphatic rings. The van der Waals surface area contributed by atoms with E-state index in [4.69, 9.17) is 21.1 Å². The molecule has 2 aromatic carbocycles. The van der Waals surface area contributed by atoms with Crippen LogP contribution < -0.4 is 14.9 Å². The van der Waals surface area contributed by atoms with E-state index >= 15 is 0 Å². The Morgan fingerprint density at radius 2 is 2.00 bits per heavy atom. The number of thioether (sulfide) groups is 1. The number of hydrogen-bond acceptors (Lipinski definition) is 5. The molecule has 0 bridgehead atoms. The highest BCUT2D eigenvalue weighted by Gasteiger charge is 2.10. The molecule has 0 aliphatic heterocycles. The molecule has 0 saturated heterocycles. The van der Waals surface area contributed by atoms with Crippen molar-refractivity contribution >= 4 is 51.4 Å². The van der Waals surface area contributed by atoms with Gasteiger partial charge in [0.15, 0.2) is 11.5 Å². The number of nitrogens with one attached hydrogen (secondary N) is 1. The molecule has 148 valence electrons. The van der Waals surface area contributed by atoms with E-state index in [0.29, 0.717) is 29.7 Å². The Morgan fingerprint density at radius 3 is 2.68 bits per heavy atom. The molecule has 8 heteroatoms. The maximum atomic E-state index is 12.0. The Balaban J connectivity index is 1.96. The molecule has 0 spiro atoms. The van der Waals surface area contributed by atoms with Crippen molar-refractivity contribution in [3.63, 3.8) is 0 Å². The second-order valence-corrected chi connectivity index (χ2v) is 7.73. The monoisotopic (exact) mass is 482 g/mol. The molecule has 0 aliphatic carbocycles. The number of benzene rings is 2. The zero-order valence-corrected chi connectivity index (χ0v) is 18.4. The van der Waals surface area contributed by atoms with Gasteiger partial charge in [-0.2, -0.15) is 5.10 Å². The highest BCUT2D eigenvalue weighted by Crippen LogP contribution is 2.33. The van der Waals surface area contributed by atoms with Crippen molar-refractivity contribution in [2.75, 3.05) is 19.0 Å². The predicted molar refractivity (Wildman–Crippen MR) is 119 cm³/mol. The van der Waals surface area contributed by atoms with E-state index in [9.17, 15) is 4.79 Å². The number of carbonyl (C=O) groups excluding carboxylic acids is 1. The first kappa shape index (κ1) is 22.3. The summed E-state index contributed by atoms with van der Waals surface area (Å²) >= 11 is 10.7. The third-order valence-electron chi connectivity index (χ3n) is 3.30. The van der Waals surface area contributed by atoms with Gasteiger partial charge in [0.05, 0.1) is 18.6 Å². The summed E-state index contributed by atoms with van der Waals surface area (Å²) in [6, 6.07) is 10.9. The van der Waals surface area contributed by atoms with Crippen LogP contribution in [0.2, 0.25) is 5.02 Å². The molecular weight excluding hydrogens is 464 g/mol. The van der Waals surface area contributed by atoms with Crippen LogP contribution in [0.1, 0.15) is 12.5 Å². The van der Waals surface area contributed by atoms with Gasteiger partial charge in [0.2, 0.25) is 5.91 Å². The summed E-state index contributed by atoms with van der Waals surface area (Å²) in [7, 11) is 0. The fourth-order valence-corrected chi connectivity index (χ4v) is 3.31. The third kappa shape index (κ3) is 7.22. The molecule has 28 heavy (non-hydrogen) atoms. The van der Waals surface area contributed by atoms with Crippen molar-refractivity contribution < 1.29 is 14.3 Å². The quantitative estimate of drug-likeness (QED) is 0.215. The lowest BCUT2D eigenvalue weighted by atomic mass is 10.2. The summed E-state index contributed by atoms with van der Waals surface area (Å²) in [4.78, 5) is 12.9. The van der Waals surface area contributed by atoms with Gasteiger partial charge >= 0.3 is 0 Å². The van der Waals surface area contributed by atoms with E-state index in [1.165, 1.54) is 11.8 Å². The molecule has 2 aromatic rings. The lowest BCUT2D eigenvalue weighted by Crippen LogP contribution is -2.19. The summed E-state index contributed by atoms with van der Waals surface area (Å²) < 4.78 is 12.0. The van der Waals surface area contributed by atoms with Gasteiger partial charge < -0.3 is 9.47 Å². The molecule has 0 aromatic heterocycles. The third-order valence-corrected chi connectivity index (χ3v) is 5.25. The minimum absolute atomic E-state index is 0.205. The standard InChI is InChI=1S/C20H20BrClN2O3S/c1-3-9-27-19-11-17(21)14(10-18(19)26-4-2)12-23-24-20(25)13-28-16-7-5-15(22)6-8-16/h3,5-8,10-12H,1,4,9,13H2,2H3,(H,24,25)/b23-12-. The van der Waals surface area contributed by atoms with Gasteiger partial charge in [-0.15, -0.1) is 11.8 Å². The van der Waals surface area contributed by atoms with Crippen LogP contribution in [0.15, 0.2) is 63.5 Å². The minimum Gasteiger partial charge on any atom is -0.490 e. The molecule has 1 N–H and O–H groups in total. The van der Waals surface area contributed by atoms with Crippen molar-refractivity contribution in [3.8, 4) is 11.5 Å². The van der Waals surface area contributed by atoms with Crippen LogP contribution in [0.5, 0.6) is 11.5 Å². The predicted octanol–water partition coefficient (Wildman–Crippen LogP) is 5.31. The molecule has 0 fully saturated rings. The number of hydrazone groups is 1. The van der Waals surface area contributed by atoms with Crippen molar-refractivity contribution in [2.45, 2.75) is 11.8 Å². The van der Waals surface area contributed by atoms with Crippen molar-refractivity contribution in [3.05, 3.63) is 64.1 Å². The first-order valence-corrected chi connectivity index (χ1v) is 10.6. The van der Waals surface area contributed by atoms with E-state index < -0.39 is 0 Å². The Labute approximate surface area is 182 Å². The number of nitrogens with zero attached hydrogens (tertiary/aromatic N) is 1. The van der Waals surface area contributed by atoms with Gasteiger partial charge in [0.1, 0.15) is 6.61 Å². The maximum Gasteiger partial charge on any atom is 0.250 e. The second kappa shape index (κ2) is 11.8. The Hall–Kier alpha value is -1.96. The Morgan fingerprint density at radius 1 is 1.29 bits per heavy atom. The van der Waals surface area contributed by atoms with Crippen LogP contribution >= 0.6 is 39.3 Å². The van der Waals surface area contributed by atoms with Crippen LogP contribution in [0.4, 0.5) is 0 Å². The van der Waals surface area contributed by atoms with Crippen LogP contribution in [-0.2, 0) is 4.79 Å². The van der Waals surface area contributed by atoms with Crippen molar-refractivity contribution in [1.82, 2.24) is 5.43 Å². The van der Waals surface area contributed by atoms with Gasteiger partial charge in [0, 0.05) is 20.0 Å². The smallest absolute Gasteiger partial charge is 0.250 e. The van der Waals surface area contributed by atoms with Gasteiger partial charge in [-0.1, -0.05) is 24.3 Å². The van der Waals surface area contributed by atoms with Crippen LogP contribution in [-0.4, -0.2) is 31.1 Å². The lowest BCUT2D eigenvalue weighted by Gasteiger charge is -2.12. The molecule has 5 nitrogen and oxygen atoms in total. The Kier molecular flexibility index (Phi) is 9.40. The fraction of sp³-hybridized carbons (Fsp3) is 0.200. The van der Waals surface area contributed by atoms with E-state index in [1.807, 2.05) is 19.1 Å². The normalized spacial score (nSPS) is 10.7. The molecule has 0 unspecified atom stereocenters. The fourth-order valence-electron chi connectivity index (χ4n) is 2.07. The highest BCUT2D eigenvalue weighted by molar-refractivity contribution is 9.10. The number of ether oxygens (including phenoxy) is 2. The van der Waals surface area contributed by atoms with E-state index in [0.717, 1.165) is 14.9 Å². The summed E-state index contributed by atoms with van der Waals surface area (Å²) in [5.41, 5.74) is 3.27. The number of halogens is 2. The van der Waals surface area contributed by atoms with E-state index in [1.54, 1.807) is 36.6 Å². The molecule has 0 radical (unpaired) electrons. The summed E-state index contributed by atoms with van der Waals surface area (Å²) in [5, 5.41) is 4.68. The summed E-state index contributed by atoms with van der Waals surface area (Å²) in [5.74, 6) is 1.25. The maximum absolute atomic E-state index is 12.0. The van der Waals surface area contributed by atoms with Crippen LogP contribution in [0, 0.1) is 0 Å². The topological polar surface area (TPSA) is 59.9 Å². The van der Waals surface area contributed by atoms with Gasteiger partial charge in [0.25, 0.3) is 0 Å². The average Bonchev–Trinajstić information content (AvgIpc) is 2.68. The zero-order valence-electron chi connectivity index (χ0n) is 15.3. The van der Waals surface area contributed by atoms with Crippen molar-refractivity contribution in [1.29, 1.82) is 0 Å². The first-order valence-electron chi connectivity index (χ1n) is 8.43. The lowest BCUT2D eigenvalue weighted by molar-refractivity contribution is -0.118. The molecule has 0 saturated carbocycles. The van der Waals surface area contributed by atoms with Gasteiger partial charge in [-0.05, 0) is 59.3 Å². The Bertz CT molecular complexity index is 844. The molecular formula is C20H20BrClN2O3S. The summed E-state index contributed by atoms with van der Waals surface area (Å²) in [6.45, 7) is 6.41. The number of hydrogen-bond donors (Lipinski definition) is 1. The first-order chi connectivity index (χ1) is 13.5. The SMILES string of the molecule is C=CCOc1cc(Br)c(/C=N\NC(=O)CSc2ccc(Cl)cc2)cc1OCC. The van der Waals surface area contributed by atoms with Crippen LogP contribution in [0.3, 0.4) is 0 Å². The highest BCUT2D eigenvalue weighted by atomic mass is 79.9. The van der Waals surface area contributed by atoms with Crippen molar-refractivity contribution in [2.24, 2.45) is 5.10 Å². The molecule has 0 atom stereocenters. The second-order valence-electron chi connectivity index (χ2n) is 5.39. The number of rotatable bonds is 10. The van der Waals surface area contributed by atoms with Gasteiger partial charge in [-0.3, -0.25) is 4.79 Å². The van der Waals surface area contributed by atoms with E-state index in [-0.39, 0.29) is 11.7 Å². The van der Waals surface area contributed by atoms with Crippen LogP contribution in [0.25, 0.3) is 0 Å². The zero-order chi connectivity index (χ0) is 20.4. The van der Waals surface area contributed by atoms with E-state index in [2.05, 4.69) is 33.0 Å². The minimum atomic E-state index is -0.205. The molecule has 2 rings (SSSR count). The summed E-state index contributed by atoms with van der Waals surface area (Å²) in [6.07, 6.45) is 3.21. The largest absolute Gasteiger partial charge is 0.490 e. The number of carbonyl (C=O) groups is 1. The van der Waals surface area contributed by atoms with Gasteiger partial charge in [-0.25, -0.2) is 5.43 Å². The molecule has 0 heterocycles.